The Morgan fingerprint density at radius 3 is 2.45 bits per heavy atom. The van der Waals surface area contributed by atoms with Crippen molar-refractivity contribution in [2.75, 3.05) is 5.73 Å². The number of aliphatic hydroxyl groups excluding tert-OH is 1. The smallest absolute Gasteiger partial charge is 0.157 e. The Kier molecular flexibility index (Phi) is 5.30. The number of rotatable bonds is 4. The van der Waals surface area contributed by atoms with Gasteiger partial charge in [-0.1, -0.05) is 17.7 Å². The second kappa shape index (κ2) is 6.79. The topological polar surface area (TPSA) is 55.5 Å². The van der Waals surface area contributed by atoms with E-state index in [1.54, 1.807) is 0 Å². The van der Waals surface area contributed by atoms with Crippen LogP contribution in [0.2, 0.25) is 5.02 Å². The average molecular weight is 298 g/mol. The highest BCUT2D eigenvalue weighted by Crippen LogP contribution is 2.38. The molecule has 2 rings (SSSR count). The summed E-state index contributed by atoms with van der Waals surface area (Å²) in [6, 6.07) is 5.91. The zero-order valence-corrected chi connectivity index (χ0v) is 12.9. The fraction of sp³-hybridized carbons (Fsp3) is 0.625. The third-order valence-corrected chi connectivity index (χ3v) is 4.41. The molecular formula is C16H24ClNO2. The predicted octanol–water partition coefficient (Wildman–Crippen LogP) is 3.94. The molecule has 0 aliphatic heterocycles. The van der Waals surface area contributed by atoms with Gasteiger partial charge >= 0.3 is 0 Å². The zero-order valence-electron chi connectivity index (χ0n) is 12.2. The molecule has 1 saturated carbocycles. The van der Waals surface area contributed by atoms with Crippen molar-refractivity contribution in [3.8, 4) is 0 Å². The van der Waals surface area contributed by atoms with Crippen LogP contribution in [0, 0.1) is 5.92 Å². The quantitative estimate of drug-likeness (QED) is 0.654. The predicted molar refractivity (Wildman–Crippen MR) is 82.8 cm³/mol. The van der Waals surface area contributed by atoms with Gasteiger partial charge in [0.05, 0.1) is 16.8 Å². The minimum absolute atomic E-state index is 0.0682. The molecule has 0 spiro atoms. The van der Waals surface area contributed by atoms with E-state index < -0.39 is 6.29 Å². The van der Waals surface area contributed by atoms with Crippen molar-refractivity contribution >= 4 is 17.3 Å². The Hall–Kier alpha value is -0.770. The standard InChI is InChI=1S/C16H24ClNO2/c1-10(2)20-16(19)12-5-3-11(4-6-12)13-7-8-15(18)14(17)9-13/h7-12,16,19H,3-6,18H2,1-2H3. The van der Waals surface area contributed by atoms with E-state index >= 15 is 0 Å². The van der Waals surface area contributed by atoms with E-state index in [1.807, 2.05) is 26.0 Å². The number of hydrogen-bond acceptors (Lipinski definition) is 3. The average Bonchev–Trinajstić information content (AvgIpc) is 2.41. The van der Waals surface area contributed by atoms with Gasteiger partial charge in [0.2, 0.25) is 0 Å². The van der Waals surface area contributed by atoms with Gasteiger partial charge < -0.3 is 15.6 Å². The summed E-state index contributed by atoms with van der Waals surface area (Å²) in [7, 11) is 0. The van der Waals surface area contributed by atoms with Crippen LogP contribution in [0.1, 0.15) is 51.0 Å². The van der Waals surface area contributed by atoms with Crippen molar-refractivity contribution in [2.24, 2.45) is 5.92 Å². The number of hydrogen-bond donors (Lipinski definition) is 2. The number of benzene rings is 1. The summed E-state index contributed by atoms with van der Waals surface area (Å²) in [6.07, 6.45) is 3.53. The number of anilines is 1. The van der Waals surface area contributed by atoms with Crippen molar-refractivity contribution in [3.05, 3.63) is 28.8 Å². The molecule has 4 heteroatoms. The van der Waals surface area contributed by atoms with E-state index in [4.69, 9.17) is 22.1 Å². The number of nitrogen functional groups attached to an aromatic ring is 1. The van der Waals surface area contributed by atoms with Crippen molar-refractivity contribution in [2.45, 2.75) is 57.8 Å². The molecular weight excluding hydrogens is 274 g/mol. The number of halogens is 1. The zero-order chi connectivity index (χ0) is 14.7. The third kappa shape index (κ3) is 3.87. The van der Waals surface area contributed by atoms with Gasteiger partial charge in [-0.25, -0.2) is 0 Å². The normalized spacial score (nSPS) is 24.9. The first-order valence-electron chi connectivity index (χ1n) is 7.35. The first-order valence-corrected chi connectivity index (χ1v) is 7.73. The summed E-state index contributed by atoms with van der Waals surface area (Å²) < 4.78 is 5.48. The molecule has 0 radical (unpaired) electrons. The highest BCUT2D eigenvalue weighted by atomic mass is 35.5. The minimum atomic E-state index is -0.633. The lowest BCUT2D eigenvalue weighted by atomic mass is 9.78. The maximum absolute atomic E-state index is 10.0. The van der Waals surface area contributed by atoms with Gasteiger partial charge in [0.25, 0.3) is 0 Å². The van der Waals surface area contributed by atoms with Crippen LogP contribution in [0.4, 0.5) is 5.69 Å². The molecule has 0 saturated heterocycles. The Balaban J connectivity index is 1.92. The molecule has 1 aromatic rings. The van der Waals surface area contributed by atoms with E-state index in [1.165, 1.54) is 5.56 Å². The van der Waals surface area contributed by atoms with Gasteiger partial charge in [0, 0.05) is 5.92 Å². The molecule has 112 valence electrons. The lowest BCUT2D eigenvalue weighted by Crippen LogP contribution is -2.29. The van der Waals surface area contributed by atoms with Gasteiger partial charge in [-0.15, -0.1) is 0 Å². The first-order chi connectivity index (χ1) is 9.47. The second-order valence-corrected chi connectivity index (χ2v) is 6.38. The summed E-state index contributed by atoms with van der Waals surface area (Å²) >= 11 is 6.08. The Morgan fingerprint density at radius 1 is 1.25 bits per heavy atom. The van der Waals surface area contributed by atoms with Crippen LogP contribution < -0.4 is 5.73 Å². The van der Waals surface area contributed by atoms with Crippen LogP contribution in [-0.4, -0.2) is 17.5 Å². The monoisotopic (exact) mass is 297 g/mol. The van der Waals surface area contributed by atoms with Crippen molar-refractivity contribution in [1.82, 2.24) is 0 Å². The second-order valence-electron chi connectivity index (χ2n) is 5.97. The van der Waals surface area contributed by atoms with Crippen LogP contribution >= 0.6 is 11.6 Å². The maximum atomic E-state index is 10.0. The van der Waals surface area contributed by atoms with Crippen LogP contribution in [-0.2, 0) is 4.74 Å². The molecule has 1 atom stereocenters. The molecule has 0 bridgehead atoms. The Bertz CT molecular complexity index is 442. The molecule has 20 heavy (non-hydrogen) atoms. The maximum Gasteiger partial charge on any atom is 0.157 e. The molecule has 1 aliphatic carbocycles. The third-order valence-electron chi connectivity index (χ3n) is 4.08. The molecule has 1 fully saturated rings. The number of nitrogens with two attached hydrogens (primary N) is 1. The van der Waals surface area contributed by atoms with Gasteiger partial charge in [0.15, 0.2) is 6.29 Å². The summed E-state index contributed by atoms with van der Waals surface area (Å²) in [5.41, 5.74) is 7.63. The lowest BCUT2D eigenvalue weighted by molar-refractivity contribution is -0.162. The van der Waals surface area contributed by atoms with Crippen LogP contribution in [0.15, 0.2) is 18.2 Å². The molecule has 0 aromatic heterocycles. The first kappa shape index (κ1) is 15.6. The molecule has 1 aliphatic rings. The summed E-state index contributed by atoms with van der Waals surface area (Å²) in [5.74, 6) is 0.758. The lowest BCUT2D eigenvalue weighted by Gasteiger charge is -2.32. The molecule has 3 nitrogen and oxygen atoms in total. The van der Waals surface area contributed by atoms with Gasteiger partial charge in [-0.2, -0.15) is 0 Å². The highest BCUT2D eigenvalue weighted by molar-refractivity contribution is 6.33. The fourth-order valence-electron chi connectivity index (χ4n) is 2.92. The van der Waals surface area contributed by atoms with Crippen LogP contribution in [0.25, 0.3) is 0 Å². The molecule has 1 aromatic carbocycles. The number of ether oxygens (including phenoxy) is 1. The molecule has 0 heterocycles. The van der Waals surface area contributed by atoms with Crippen LogP contribution in [0.5, 0.6) is 0 Å². The van der Waals surface area contributed by atoms with Crippen molar-refractivity contribution < 1.29 is 9.84 Å². The van der Waals surface area contributed by atoms with Crippen molar-refractivity contribution in [3.63, 3.8) is 0 Å². The van der Waals surface area contributed by atoms with E-state index in [0.29, 0.717) is 16.6 Å². The van der Waals surface area contributed by atoms with Gasteiger partial charge in [0.1, 0.15) is 0 Å². The molecule has 3 N–H and O–H groups in total. The SMILES string of the molecule is CC(C)OC(O)C1CCC(c2ccc(N)c(Cl)c2)CC1. The van der Waals surface area contributed by atoms with Crippen molar-refractivity contribution in [1.29, 1.82) is 0 Å². The summed E-state index contributed by atoms with van der Waals surface area (Å²) in [4.78, 5) is 0. The minimum Gasteiger partial charge on any atom is -0.398 e. The van der Waals surface area contributed by atoms with Gasteiger partial charge in [-0.05, 0) is 63.1 Å². The largest absolute Gasteiger partial charge is 0.398 e. The Labute approximate surface area is 126 Å². The number of aliphatic hydroxyl groups is 1. The van der Waals surface area contributed by atoms with E-state index in [9.17, 15) is 5.11 Å². The van der Waals surface area contributed by atoms with Gasteiger partial charge in [-0.3, -0.25) is 0 Å². The summed E-state index contributed by atoms with van der Waals surface area (Å²) in [5, 5.41) is 10.7. The van der Waals surface area contributed by atoms with E-state index in [2.05, 4.69) is 6.07 Å². The van der Waals surface area contributed by atoms with Crippen LogP contribution in [0.3, 0.4) is 0 Å². The fourth-order valence-corrected chi connectivity index (χ4v) is 3.11. The van der Waals surface area contributed by atoms with E-state index in [-0.39, 0.29) is 12.0 Å². The van der Waals surface area contributed by atoms with E-state index in [0.717, 1.165) is 25.7 Å². The summed E-state index contributed by atoms with van der Waals surface area (Å²) in [6.45, 7) is 3.90. The highest BCUT2D eigenvalue weighted by Gasteiger charge is 2.28. The Morgan fingerprint density at radius 2 is 1.90 bits per heavy atom. The molecule has 1 unspecified atom stereocenters. The molecule has 0 amide bonds.